The fourth-order valence-corrected chi connectivity index (χ4v) is 3.31. The van der Waals surface area contributed by atoms with Crippen molar-refractivity contribution in [2.45, 2.75) is 23.8 Å². The number of carbonyl (C=O) groups is 1. The summed E-state index contributed by atoms with van der Waals surface area (Å²) in [6, 6.07) is 3.98. The highest BCUT2D eigenvalue weighted by Crippen LogP contribution is 2.24. The first-order valence-electron chi connectivity index (χ1n) is 6.15. The van der Waals surface area contributed by atoms with E-state index in [1.54, 1.807) is 0 Å². The number of amides is 1. The number of nitrogen functional groups attached to an aromatic ring is 1. The third-order valence-electron chi connectivity index (χ3n) is 3.10. The molecule has 1 fully saturated rings. The van der Waals surface area contributed by atoms with Crippen LogP contribution in [0.15, 0.2) is 23.1 Å². The molecule has 0 spiro atoms. The molecule has 1 atom stereocenters. The monoisotopic (exact) mass is 299 g/mol. The van der Waals surface area contributed by atoms with Crippen LogP contribution in [0.3, 0.4) is 0 Å². The highest BCUT2D eigenvalue weighted by molar-refractivity contribution is 7.89. The number of hydrogen-bond acceptors (Lipinski definition) is 5. The van der Waals surface area contributed by atoms with Crippen LogP contribution >= 0.6 is 0 Å². The summed E-state index contributed by atoms with van der Waals surface area (Å²) in [6.07, 6.45) is 0.800. The van der Waals surface area contributed by atoms with Crippen molar-refractivity contribution in [2.24, 2.45) is 0 Å². The van der Waals surface area contributed by atoms with Crippen LogP contribution in [0.2, 0.25) is 0 Å². The van der Waals surface area contributed by atoms with Gasteiger partial charge >= 0.3 is 0 Å². The number of ether oxygens (including phenoxy) is 1. The summed E-state index contributed by atoms with van der Waals surface area (Å²) in [5.74, 6) is 0.364. The van der Waals surface area contributed by atoms with Crippen LogP contribution in [-0.4, -0.2) is 34.0 Å². The molecule has 1 aliphatic heterocycles. The average Bonchev–Trinajstić information content (AvgIpc) is 2.41. The second kappa shape index (κ2) is 5.68. The summed E-state index contributed by atoms with van der Waals surface area (Å²) in [6.45, 7) is 0.295. The Morgan fingerprint density at radius 1 is 1.45 bits per heavy atom. The van der Waals surface area contributed by atoms with Gasteiger partial charge in [0, 0.05) is 19.0 Å². The Bertz CT molecular complexity index is 605. The number of carbonyl (C=O) groups excluding carboxylic acids is 1. The van der Waals surface area contributed by atoms with Gasteiger partial charge in [-0.2, -0.15) is 0 Å². The van der Waals surface area contributed by atoms with E-state index in [9.17, 15) is 13.2 Å². The van der Waals surface area contributed by atoms with Gasteiger partial charge in [-0.3, -0.25) is 4.79 Å². The maximum atomic E-state index is 12.2. The van der Waals surface area contributed by atoms with Gasteiger partial charge < -0.3 is 15.8 Å². The second-order valence-corrected chi connectivity index (χ2v) is 6.28. The van der Waals surface area contributed by atoms with Gasteiger partial charge in [-0.1, -0.05) is 0 Å². The van der Waals surface area contributed by atoms with Crippen LogP contribution in [0.4, 0.5) is 5.69 Å². The Kier molecular flexibility index (Phi) is 4.15. The number of methoxy groups -OCH3 is 1. The van der Waals surface area contributed by atoms with Gasteiger partial charge in [0.2, 0.25) is 15.9 Å². The first-order valence-corrected chi connectivity index (χ1v) is 7.63. The van der Waals surface area contributed by atoms with Gasteiger partial charge in [0.25, 0.3) is 0 Å². The lowest BCUT2D eigenvalue weighted by Gasteiger charge is -2.23. The van der Waals surface area contributed by atoms with Crippen molar-refractivity contribution in [3.63, 3.8) is 0 Å². The van der Waals surface area contributed by atoms with Gasteiger partial charge in [-0.25, -0.2) is 13.1 Å². The van der Waals surface area contributed by atoms with Gasteiger partial charge in [0.1, 0.15) is 5.75 Å². The molecule has 0 radical (unpaired) electrons. The van der Waals surface area contributed by atoms with E-state index in [1.807, 2.05) is 0 Å². The molecule has 1 aliphatic rings. The Balaban J connectivity index is 2.14. The summed E-state index contributed by atoms with van der Waals surface area (Å²) < 4.78 is 32.0. The highest BCUT2D eigenvalue weighted by Gasteiger charge is 2.24. The van der Waals surface area contributed by atoms with Crippen molar-refractivity contribution in [3.8, 4) is 5.75 Å². The van der Waals surface area contributed by atoms with E-state index in [2.05, 4.69) is 10.0 Å². The van der Waals surface area contributed by atoms with Crippen molar-refractivity contribution >= 4 is 21.6 Å². The van der Waals surface area contributed by atoms with E-state index in [-0.39, 0.29) is 22.5 Å². The van der Waals surface area contributed by atoms with Gasteiger partial charge in [0.05, 0.1) is 17.7 Å². The summed E-state index contributed by atoms with van der Waals surface area (Å²) >= 11 is 0. The Labute approximate surface area is 117 Å². The topological polar surface area (TPSA) is 111 Å². The molecule has 20 heavy (non-hydrogen) atoms. The van der Waals surface area contributed by atoms with E-state index >= 15 is 0 Å². The summed E-state index contributed by atoms with van der Waals surface area (Å²) in [7, 11) is -2.20. The van der Waals surface area contributed by atoms with E-state index in [4.69, 9.17) is 10.5 Å². The molecular weight excluding hydrogens is 282 g/mol. The van der Waals surface area contributed by atoms with Crippen LogP contribution in [0.5, 0.6) is 5.75 Å². The van der Waals surface area contributed by atoms with E-state index < -0.39 is 10.0 Å². The lowest BCUT2D eigenvalue weighted by Crippen LogP contribution is -2.47. The number of anilines is 1. The van der Waals surface area contributed by atoms with Crippen LogP contribution in [0.25, 0.3) is 0 Å². The zero-order valence-electron chi connectivity index (χ0n) is 11.0. The maximum absolute atomic E-state index is 12.2. The van der Waals surface area contributed by atoms with Gasteiger partial charge in [-0.05, 0) is 24.6 Å². The molecule has 1 aromatic carbocycles. The predicted octanol–water partition coefficient (Wildman–Crippen LogP) is -0.166. The SMILES string of the molecule is COc1ccc(S(=O)(=O)NC2CCC(=O)NC2)cc1N. The normalized spacial score (nSPS) is 19.4. The van der Waals surface area contributed by atoms with E-state index in [0.29, 0.717) is 25.1 Å². The molecule has 0 saturated carbocycles. The number of rotatable bonds is 4. The zero-order valence-corrected chi connectivity index (χ0v) is 11.9. The third-order valence-corrected chi connectivity index (χ3v) is 4.62. The Morgan fingerprint density at radius 3 is 2.75 bits per heavy atom. The zero-order chi connectivity index (χ0) is 14.8. The molecular formula is C12H17N3O4S. The van der Waals surface area contributed by atoms with Crippen molar-refractivity contribution in [2.75, 3.05) is 19.4 Å². The van der Waals surface area contributed by atoms with E-state index in [1.165, 1.54) is 25.3 Å². The molecule has 8 heteroatoms. The van der Waals surface area contributed by atoms with Gasteiger partial charge in [-0.15, -0.1) is 0 Å². The number of hydrogen-bond donors (Lipinski definition) is 3. The van der Waals surface area contributed by atoms with Crippen LogP contribution in [0, 0.1) is 0 Å². The molecule has 110 valence electrons. The van der Waals surface area contributed by atoms with Crippen molar-refractivity contribution in [3.05, 3.63) is 18.2 Å². The van der Waals surface area contributed by atoms with Crippen LogP contribution in [0.1, 0.15) is 12.8 Å². The van der Waals surface area contributed by atoms with Crippen LogP contribution < -0.4 is 20.5 Å². The van der Waals surface area contributed by atoms with Crippen LogP contribution in [-0.2, 0) is 14.8 Å². The van der Waals surface area contributed by atoms with Crippen molar-refractivity contribution in [1.29, 1.82) is 0 Å². The van der Waals surface area contributed by atoms with Crippen molar-refractivity contribution < 1.29 is 17.9 Å². The molecule has 0 aliphatic carbocycles. The van der Waals surface area contributed by atoms with Crippen molar-refractivity contribution in [1.82, 2.24) is 10.0 Å². The average molecular weight is 299 g/mol. The lowest BCUT2D eigenvalue weighted by atomic mass is 10.1. The fraction of sp³-hybridized carbons (Fsp3) is 0.417. The standard InChI is InChI=1S/C12H17N3O4S/c1-19-11-4-3-9(6-10(11)13)20(17,18)15-8-2-5-12(16)14-7-8/h3-4,6,8,15H,2,5,7,13H2,1H3,(H,14,16). The minimum atomic E-state index is -3.66. The van der Waals surface area contributed by atoms with Gasteiger partial charge in [0.15, 0.2) is 0 Å². The summed E-state index contributed by atoms with van der Waals surface area (Å²) in [5, 5.41) is 2.63. The molecule has 0 aromatic heterocycles. The molecule has 1 heterocycles. The number of nitrogens with two attached hydrogens (primary N) is 1. The predicted molar refractivity (Wildman–Crippen MR) is 73.8 cm³/mol. The second-order valence-electron chi connectivity index (χ2n) is 4.56. The first-order chi connectivity index (χ1) is 9.42. The summed E-state index contributed by atoms with van der Waals surface area (Å²) in [4.78, 5) is 11.1. The highest BCUT2D eigenvalue weighted by atomic mass is 32.2. The molecule has 1 unspecified atom stereocenters. The minimum Gasteiger partial charge on any atom is -0.495 e. The molecule has 2 rings (SSSR count). The lowest BCUT2D eigenvalue weighted by molar-refractivity contribution is -0.122. The smallest absolute Gasteiger partial charge is 0.240 e. The number of benzene rings is 1. The van der Waals surface area contributed by atoms with E-state index in [0.717, 1.165) is 0 Å². The molecule has 4 N–H and O–H groups in total. The quantitative estimate of drug-likeness (QED) is 0.669. The largest absolute Gasteiger partial charge is 0.495 e. The Morgan fingerprint density at radius 2 is 2.20 bits per heavy atom. The number of sulfonamides is 1. The third kappa shape index (κ3) is 3.20. The fourth-order valence-electron chi connectivity index (χ4n) is 2.00. The first kappa shape index (κ1) is 14.6. The molecule has 1 saturated heterocycles. The molecule has 7 nitrogen and oxygen atoms in total. The Hall–Kier alpha value is -1.80. The molecule has 0 bridgehead atoms. The number of nitrogens with one attached hydrogen (secondary N) is 2. The summed E-state index contributed by atoms with van der Waals surface area (Å²) in [5.41, 5.74) is 5.96. The minimum absolute atomic E-state index is 0.0610. The maximum Gasteiger partial charge on any atom is 0.240 e. The number of piperidine rings is 1. The molecule has 1 amide bonds. The molecule has 1 aromatic rings.